The van der Waals surface area contributed by atoms with Crippen molar-refractivity contribution in [1.29, 1.82) is 0 Å². The van der Waals surface area contributed by atoms with Crippen LogP contribution in [0.3, 0.4) is 0 Å². The Morgan fingerprint density at radius 3 is 2.53 bits per heavy atom. The van der Waals surface area contributed by atoms with Crippen LogP contribution in [-0.4, -0.2) is 19.6 Å². The molecule has 0 saturated heterocycles. The Labute approximate surface area is 113 Å². The number of ether oxygens (including phenoxy) is 1. The highest BCUT2D eigenvalue weighted by molar-refractivity contribution is 5.72. The first kappa shape index (κ1) is 15.1. The molecule has 0 aromatic heterocycles. The molecule has 0 aliphatic carbocycles. The van der Waals surface area contributed by atoms with Crippen LogP contribution in [0.1, 0.15) is 30.4 Å². The monoisotopic (exact) mass is 261 g/mol. The third-order valence-electron chi connectivity index (χ3n) is 2.89. The number of carbonyl (C=O) groups excluding carboxylic acids is 1. The second-order valence-corrected chi connectivity index (χ2v) is 4.33. The number of esters is 1. The van der Waals surface area contributed by atoms with Gasteiger partial charge in [0.1, 0.15) is 0 Å². The largest absolute Gasteiger partial charge is 0.469 e. The summed E-state index contributed by atoms with van der Waals surface area (Å²) in [4.78, 5) is 13.8. The summed E-state index contributed by atoms with van der Waals surface area (Å²) in [5.41, 5.74) is 10.4. The second kappa shape index (κ2) is 9.00. The van der Waals surface area contributed by atoms with Gasteiger partial charge < -0.3 is 4.74 Å². The maximum absolute atomic E-state index is 11.1. The lowest BCUT2D eigenvalue weighted by molar-refractivity contribution is -0.139. The minimum Gasteiger partial charge on any atom is -0.469 e. The Hall–Kier alpha value is -2.00. The van der Waals surface area contributed by atoms with Gasteiger partial charge >= 0.3 is 5.97 Å². The fraction of sp³-hybridized carbons (Fsp3) is 0.500. The van der Waals surface area contributed by atoms with Crippen molar-refractivity contribution in [3.8, 4) is 0 Å². The van der Waals surface area contributed by atoms with E-state index in [9.17, 15) is 4.79 Å². The van der Waals surface area contributed by atoms with E-state index in [-0.39, 0.29) is 5.97 Å². The van der Waals surface area contributed by atoms with Crippen molar-refractivity contribution < 1.29 is 9.53 Å². The quantitative estimate of drug-likeness (QED) is 0.236. The van der Waals surface area contributed by atoms with Crippen molar-refractivity contribution >= 4 is 5.97 Å². The molecule has 19 heavy (non-hydrogen) atoms. The molecule has 0 spiro atoms. The number of nitrogens with zero attached hydrogens (tertiary/aromatic N) is 3. The Bertz CT molecular complexity index is 437. The van der Waals surface area contributed by atoms with Crippen molar-refractivity contribution in [3.05, 3.63) is 45.8 Å². The Morgan fingerprint density at radius 1 is 1.21 bits per heavy atom. The first-order valence-corrected chi connectivity index (χ1v) is 6.41. The molecule has 0 amide bonds. The Kier molecular flexibility index (Phi) is 7.13. The van der Waals surface area contributed by atoms with Crippen LogP contribution < -0.4 is 0 Å². The number of rotatable bonds is 8. The molecule has 5 heteroatoms. The van der Waals surface area contributed by atoms with Gasteiger partial charge in [-0.3, -0.25) is 4.79 Å². The lowest BCUT2D eigenvalue weighted by Gasteiger charge is -2.03. The number of unbranched alkanes of at least 4 members (excludes halogenated alkanes) is 2. The van der Waals surface area contributed by atoms with Gasteiger partial charge in [0.25, 0.3) is 0 Å². The molecule has 1 aromatic carbocycles. The first-order valence-electron chi connectivity index (χ1n) is 6.41. The van der Waals surface area contributed by atoms with E-state index in [0.717, 1.165) is 31.2 Å². The second-order valence-electron chi connectivity index (χ2n) is 4.33. The molecule has 0 aliphatic heterocycles. The molecule has 1 rings (SSSR count). The molecule has 0 bridgehead atoms. The smallest absolute Gasteiger partial charge is 0.309 e. The number of methoxy groups -OCH3 is 1. The minimum atomic E-state index is -0.217. The van der Waals surface area contributed by atoms with E-state index >= 15 is 0 Å². The average molecular weight is 261 g/mol. The molecule has 0 aliphatic rings. The molecule has 102 valence electrons. The van der Waals surface area contributed by atoms with Crippen LogP contribution in [0.15, 0.2) is 29.4 Å². The van der Waals surface area contributed by atoms with Crippen molar-refractivity contribution in [2.24, 2.45) is 5.11 Å². The van der Waals surface area contributed by atoms with Crippen LogP contribution in [-0.2, 0) is 22.4 Å². The van der Waals surface area contributed by atoms with Crippen LogP contribution in [0, 0.1) is 0 Å². The van der Waals surface area contributed by atoms with Crippen molar-refractivity contribution in [1.82, 2.24) is 0 Å². The minimum absolute atomic E-state index is 0.217. The van der Waals surface area contributed by atoms with Gasteiger partial charge in [-0.15, -0.1) is 0 Å². The highest BCUT2D eigenvalue weighted by Gasteiger charge is 2.02. The fourth-order valence-corrected chi connectivity index (χ4v) is 1.80. The van der Waals surface area contributed by atoms with Gasteiger partial charge in [-0.25, -0.2) is 0 Å². The predicted octanol–water partition coefficient (Wildman–Crippen LogP) is 3.43. The standard InChI is InChI=1S/C14H19N3O2/c1-19-14(18)11-13-8-6-12(7-9-13)5-3-2-4-10-16-17-15/h6-9H,2-5,10-11H2,1H3. The van der Waals surface area contributed by atoms with Crippen molar-refractivity contribution in [3.63, 3.8) is 0 Å². The summed E-state index contributed by atoms with van der Waals surface area (Å²) in [6.07, 6.45) is 4.41. The third kappa shape index (κ3) is 6.48. The molecule has 0 radical (unpaired) electrons. The molecule has 0 unspecified atom stereocenters. The van der Waals surface area contributed by atoms with Crippen LogP contribution in [0.2, 0.25) is 0 Å². The van der Waals surface area contributed by atoms with E-state index in [1.807, 2.05) is 24.3 Å². The van der Waals surface area contributed by atoms with Crippen molar-refractivity contribution in [2.75, 3.05) is 13.7 Å². The number of hydrogen-bond donors (Lipinski definition) is 0. The molecular formula is C14H19N3O2. The van der Waals surface area contributed by atoms with E-state index < -0.39 is 0 Å². The summed E-state index contributed by atoms with van der Waals surface area (Å²) in [7, 11) is 1.40. The lowest BCUT2D eigenvalue weighted by atomic mass is 10.0. The number of benzene rings is 1. The molecule has 1 aromatic rings. The third-order valence-corrected chi connectivity index (χ3v) is 2.89. The predicted molar refractivity (Wildman–Crippen MR) is 73.7 cm³/mol. The molecule has 0 fully saturated rings. The summed E-state index contributed by atoms with van der Waals surface area (Å²) >= 11 is 0. The molecular weight excluding hydrogens is 242 g/mol. The maximum atomic E-state index is 11.1. The van der Waals surface area contributed by atoms with E-state index in [1.165, 1.54) is 12.7 Å². The molecule has 0 saturated carbocycles. The summed E-state index contributed by atoms with van der Waals surface area (Å²) < 4.78 is 4.62. The van der Waals surface area contributed by atoms with Crippen molar-refractivity contribution in [2.45, 2.75) is 32.1 Å². The van der Waals surface area contributed by atoms with Gasteiger partial charge in [0, 0.05) is 11.5 Å². The lowest BCUT2D eigenvalue weighted by Crippen LogP contribution is -2.04. The van der Waals surface area contributed by atoms with Crippen LogP contribution in [0.4, 0.5) is 0 Å². The zero-order chi connectivity index (χ0) is 13.9. The molecule has 0 heterocycles. The number of azide groups is 1. The highest BCUT2D eigenvalue weighted by Crippen LogP contribution is 2.10. The van der Waals surface area contributed by atoms with Crippen LogP contribution >= 0.6 is 0 Å². The SMILES string of the molecule is COC(=O)Cc1ccc(CCCCCN=[N+]=[N-])cc1. The Balaban J connectivity index is 2.28. The average Bonchev–Trinajstić information content (AvgIpc) is 2.44. The van der Waals surface area contributed by atoms with Gasteiger partial charge in [0.15, 0.2) is 0 Å². The fourth-order valence-electron chi connectivity index (χ4n) is 1.80. The van der Waals surface area contributed by atoms with Gasteiger partial charge in [-0.2, -0.15) is 0 Å². The summed E-state index contributed by atoms with van der Waals surface area (Å²) in [5.74, 6) is -0.217. The summed E-state index contributed by atoms with van der Waals surface area (Å²) in [6, 6.07) is 8.02. The number of carbonyl (C=O) groups is 1. The first-order chi connectivity index (χ1) is 9.26. The normalized spacial score (nSPS) is 9.74. The van der Waals surface area contributed by atoms with E-state index in [2.05, 4.69) is 14.8 Å². The maximum Gasteiger partial charge on any atom is 0.309 e. The molecule has 5 nitrogen and oxygen atoms in total. The van der Waals surface area contributed by atoms with Crippen LogP contribution in [0.25, 0.3) is 10.4 Å². The van der Waals surface area contributed by atoms with E-state index in [0.29, 0.717) is 13.0 Å². The number of aryl methyl sites for hydroxylation is 1. The van der Waals surface area contributed by atoms with Crippen LogP contribution in [0.5, 0.6) is 0 Å². The van der Waals surface area contributed by atoms with Gasteiger partial charge in [0.05, 0.1) is 13.5 Å². The highest BCUT2D eigenvalue weighted by atomic mass is 16.5. The van der Waals surface area contributed by atoms with Gasteiger partial charge in [0.2, 0.25) is 0 Å². The molecule has 0 atom stereocenters. The number of hydrogen-bond acceptors (Lipinski definition) is 3. The van der Waals surface area contributed by atoms with Gasteiger partial charge in [-0.1, -0.05) is 35.8 Å². The molecule has 0 N–H and O–H groups in total. The van der Waals surface area contributed by atoms with Gasteiger partial charge in [-0.05, 0) is 35.9 Å². The zero-order valence-electron chi connectivity index (χ0n) is 11.2. The van der Waals surface area contributed by atoms with E-state index in [4.69, 9.17) is 5.53 Å². The summed E-state index contributed by atoms with van der Waals surface area (Å²) in [6.45, 7) is 0.578. The summed E-state index contributed by atoms with van der Waals surface area (Å²) in [5, 5.41) is 3.50. The Morgan fingerprint density at radius 2 is 1.89 bits per heavy atom. The topological polar surface area (TPSA) is 75.1 Å². The van der Waals surface area contributed by atoms with E-state index in [1.54, 1.807) is 0 Å². The zero-order valence-corrected chi connectivity index (χ0v) is 11.2.